The number of nitrogens with two attached hydrogens (primary N) is 1. The summed E-state index contributed by atoms with van der Waals surface area (Å²) in [6.07, 6.45) is 0. The molecular weight excluding hydrogens is 276 g/mol. The number of hydrogen-bond donors (Lipinski definition) is 1. The third kappa shape index (κ3) is 2.40. The second-order valence-corrected chi connectivity index (χ2v) is 4.94. The first-order valence-corrected chi connectivity index (χ1v) is 6.38. The molecule has 1 aromatic carbocycles. The van der Waals surface area contributed by atoms with Crippen molar-refractivity contribution in [1.29, 1.82) is 5.26 Å². The molecule has 1 aliphatic rings. The van der Waals surface area contributed by atoms with E-state index in [1.807, 2.05) is 12.1 Å². The number of nitrogens with zero attached hydrogens (tertiary/aromatic N) is 1. The zero-order valence-corrected chi connectivity index (χ0v) is 11.9. The Hall–Kier alpha value is -2.25. The normalized spacial score (nSPS) is 18.6. The van der Waals surface area contributed by atoms with E-state index < -0.39 is 5.92 Å². The molecule has 0 spiro atoms. The summed E-state index contributed by atoms with van der Waals surface area (Å²) in [7, 11) is 0. The van der Waals surface area contributed by atoms with Crippen LogP contribution in [-0.2, 0) is 9.53 Å². The predicted octanol–water partition coefficient (Wildman–Crippen LogP) is 3.01. The molecule has 0 saturated heterocycles. The minimum atomic E-state index is -0.537. The Morgan fingerprint density at radius 1 is 1.50 bits per heavy atom. The lowest BCUT2D eigenvalue weighted by atomic mass is 9.81. The Labute approximate surface area is 122 Å². The summed E-state index contributed by atoms with van der Waals surface area (Å²) in [5.41, 5.74) is 7.16. The first kappa shape index (κ1) is 14.2. The van der Waals surface area contributed by atoms with E-state index in [0.29, 0.717) is 16.4 Å². The van der Waals surface area contributed by atoms with Gasteiger partial charge in [0.2, 0.25) is 5.88 Å². The zero-order valence-electron chi connectivity index (χ0n) is 11.1. The van der Waals surface area contributed by atoms with Crippen molar-refractivity contribution >= 4 is 17.4 Å². The summed E-state index contributed by atoms with van der Waals surface area (Å²) >= 11 is 5.99. The maximum Gasteiger partial charge on any atom is 0.205 e. The molecule has 4 nitrogen and oxygen atoms in total. The van der Waals surface area contributed by atoms with Crippen molar-refractivity contribution in [2.75, 3.05) is 0 Å². The number of ketones is 1. The molecule has 0 saturated carbocycles. The molecule has 1 aliphatic heterocycles. The number of carbonyl (C=O) groups is 1. The molecule has 0 aliphatic carbocycles. The molecule has 2 N–H and O–H groups in total. The van der Waals surface area contributed by atoms with Gasteiger partial charge in [-0.05, 0) is 31.5 Å². The number of ether oxygens (including phenoxy) is 1. The van der Waals surface area contributed by atoms with Crippen LogP contribution >= 0.6 is 11.6 Å². The van der Waals surface area contributed by atoms with Gasteiger partial charge in [-0.2, -0.15) is 5.26 Å². The van der Waals surface area contributed by atoms with Gasteiger partial charge in [0, 0.05) is 10.6 Å². The van der Waals surface area contributed by atoms with Crippen molar-refractivity contribution in [3.05, 3.63) is 57.6 Å². The summed E-state index contributed by atoms with van der Waals surface area (Å²) in [6, 6.07) is 9.06. The van der Waals surface area contributed by atoms with E-state index in [1.54, 1.807) is 25.1 Å². The smallest absolute Gasteiger partial charge is 0.205 e. The summed E-state index contributed by atoms with van der Waals surface area (Å²) in [5, 5.41) is 9.85. The molecular formula is C15H13ClN2O2. The van der Waals surface area contributed by atoms with Crippen LogP contribution in [0.2, 0.25) is 5.02 Å². The van der Waals surface area contributed by atoms with Crippen LogP contribution in [0.3, 0.4) is 0 Å². The van der Waals surface area contributed by atoms with E-state index >= 15 is 0 Å². The minimum Gasteiger partial charge on any atom is -0.445 e. The SMILES string of the molecule is CC(=O)C1=C(C)OC(N)=C(C#N)[C@H]1c1cccc(Cl)c1. The van der Waals surface area contributed by atoms with Gasteiger partial charge in [-0.1, -0.05) is 23.7 Å². The molecule has 0 unspecified atom stereocenters. The van der Waals surface area contributed by atoms with Crippen LogP contribution in [0.15, 0.2) is 47.1 Å². The molecule has 102 valence electrons. The van der Waals surface area contributed by atoms with E-state index in [2.05, 4.69) is 0 Å². The number of nitriles is 1. The maximum atomic E-state index is 11.9. The molecule has 0 fully saturated rings. The third-order valence-corrected chi connectivity index (χ3v) is 3.40. The summed E-state index contributed by atoms with van der Waals surface area (Å²) in [4.78, 5) is 11.9. The molecule has 0 amide bonds. The average molecular weight is 289 g/mol. The molecule has 0 radical (unpaired) electrons. The average Bonchev–Trinajstić information content (AvgIpc) is 2.37. The zero-order chi connectivity index (χ0) is 14.9. The van der Waals surface area contributed by atoms with E-state index in [4.69, 9.17) is 22.1 Å². The van der Waals surface area contributed by atoms with Crippen LogP contribution in [0.1, 0.15) is 25.3 Å². The maximum absolute atomic E-state index is 11.9. The van der Waals surface area contributed by atoms with Crippen molar-refractivity contribution in [2.45, 2.75) is 19.8 Å². The molecule has 1 aromatic rings. The molecule has 2 rings (SSSR count). The highest BCUT2D eigenvalue weighted by Crippen LogP contribution is 2.39. The number of halogens is 1. The van der Waals surface area contributed by atoms with E-state index in [9.17, 15) is 10.1 Å². The van der Waals surface area contributed by atoms with Gasteiger partial charge < -0.3 is 10.5 Å². The Morgan fingerprint density at radius 2 is 2.20 bits per heavy atom. The van der Waals surface area contributed by atoms with Gasteiger partial charge in [0.25, 0.3) is 0 Å². The number of Topliss-reactive ketones (excluding diaryl/α,β-unsaturated/α-hetero) is 1. The Bertz CT molecular complexity index is 683. The van der Waals surface area contributed by atoms with Gasteiger partial charge in [0.05, 0.1) is 5.92 Å². The van der Waals surface area contributed by atoms with E-state index in [-0.39, 0.29) is 17.2 Å². The van der Waals surface area contributed by atoms with E-state index in [1.165, 1.54) is 6.92 Å². The Balaban J connectivity index is 2.67. The third-order valence-electron chi connectivity index (χ3n) is 3.17. The number of carbonyl (C=O) groups excluding carboxylic acids is 1. The van der Waals surface area contributed by atoms with Crippen molar-refractivity contribution in [3.8, 4) is 6.07 Å². The van der Waals surface area contributed by atoms with E-state index in [0.717, 1.165) is 5.56 Å². The first-order valence-electron chi connectivity index (χ1n) is 6.00. The fraction of sp³-hybridized carbons (Fsp3) is 0.200. The molecule has 1 heterocycles. The van der Waals surface area contributed by atoms with Gasteiger partial charge in [-0.25, -0.2) is 0 Å². The minimum absolute atomic E-state index is 0.0278. The summed E-state index contributed by atoms with van der Waals surface area (Å²) in [6.45, 7) is 3.10. The molecule has 5 heteroatoms. The molecule has 0 bridgehead atoms. The highest BCUT2D eigenvalue weighted by Gasteiger charge is 2.33. The number of allylic oxidation sites excluding steroid dienone is 3. The largest absolute Gasteiger partial charge is 0.445 e. The molecule has 0 aromatic heterocycles. The van der Waals surface area contributed by atoms with Crippen LogP contribution < -0.4 is 5.73 Å². The van der Waals surface area contributed by atoms with Crippen molar-refractivity contribution in [2.24, 2.45) is 5.73 Å². The first-order chi connectivity index (χ1) is 9.45. The topological polar surface area (TPSA) is 76.1 Å². The standard InChI is InChI=1S/C15H13ClN2O2/c1-8(19)13-9(2)20-15(18)12(7-17)14(13)10-4-3-5-11(16)6-10/h3-6,14H,18H2,1-2H3/t14-/m1/s1. The Morgan fingerprint density at radius 3 is 2.75 bits per heavy atom. The van der Waals surface area contributed by atoms with Crippen LogP contribution in [0.25, 0.3) is 0 Å². The van der Waals surface area contributed by atoms with Crippen molar-refractivity contribution in [1.82, 2.24) is 0 Å². The van der Waals surface area contributed by atoms with Crippen LogP contribution in [-0.4, -0.2) is 5.78 Å². The summed E-state index contributed by atoms with van der Waals surface area (Å²) < 4.78 is 5.31. The van der Waals surface area contributed by atoms with Gasteiger partial charge in [0.15, 0.2) is 5.78 Å². The lowest BCUT2D eigenvalue weighted by Crippen LogP contribution is -2.23. The Kier molecular flexibility index (Phi) is 3.82. The summed E-state index contributed by atoms with van der Waals surface area (Å²) in [5.74, 6) is -0.253. The van der Waals surface area contributed by atoms with Gasteiger partial charge in [-0.3, -0.25) is 4.79 Å². The number of hydrogen-bond acceptors (Lipinski definition) is 4. The molecule has 1 atom stereocenters. The molecule has 20 heavy (non-hydrogen) atoms. The van der Waals surface area contributed by atoms with Gasteiger partial charge in [0.1, 0.15) is 17.4 Å². The van der Waals surface area contributed by atoms with Crippen LogP contribution in [0, 0.1) is 11.3 Å². The highest BCUT2D eigenvalue weighted by molar-refractivity contribution is 6.30. The number of rotatable bonds is 2. The second-order valence-electron chi connectivity index (χ2n) is 4.51. The second kappa shape index (κ2) is 5.40. The predicted molar refractivity (Wildman–Crippen MR) is 75.5 cm³/mol. The highest BCUT2D eigenvalue weighted by atomic mass is 35.5. The monoisotopic (exact) mass is 288 g/mol. The lowest BCUT2D eigenvalue weighted by Gasteiger charge is -2.26. The quantitative estimate of drug-likeness (QED) is 0.907. The van der Waals surface area contributed by atoms with Gasteiger partial charge >= 0.3 is 0 Å². The van der Waals surface area contributed by atoms with Crippen LogP contribution in [0.4, 0.5) is 0 Å². The van der Waals surface area contributed by atoms with Gasteiger partial charge in [-0.15, -0.1) is 0 Å². The van der Waals surface area contributed by atoms with Crippen LogP contribution in [0.5, 0.6) is 0 Å². The number of benzene rings is 1. The lowest BCUT2D eigenvalue weighted by molar-refractivity contribution is -0.114. The van der Waals surface area contributed by atoms with Crippen molar-refractivity contribution < 1.29 is 9.53 Å². The fourth-order valence-corrected chi connectivity index (χ4v) is 2.55. The fourth-order valence-electron chi connectivity index (χ4n) is 2.36. The van der Waals surface area contributed by atoms with Crippen molar-refractivity contribution in [3.63, 3.8) is 0 Å².